The molecule has 5 rings (SSSR count). The number of ether oxygens (including phenoxy) is 1. The molecule has 12 heteroatoms. The molecule has 2 aromatic carbocycles. The normalized spacial score (nSPS) is 17.8. The molecule has 190 valence electrons. The number of carbonyl (C=O) groups is 2. The van der Waals surface area contributed by atoms with E-state index in [2.05, 4.69) is 37.2 Å². The number of ketones is 2. The number of nitro benzene ring substituents is 2. The molecule has 0 unspecified atom stereocenters. The van der Waals surface area contributed by atoms with Gasteiger partial charge in [0.2, 0.25) is 5.75 Å². The number of nitro groups is 2. The topological polar surface area (TPSA) is 142 Å². The summed E-state index contributed by atoms with van der Waals surface area (Å²) in [5, 5.41) is 26.0. The molecule has 0 saturated carbocycles. The van der Waals surface area contributed by atoms with Crippen molar-refractivity contribution in [2.75, 3.05) is 0 Å². The quantitative estimate of drug-likeness (QED) is 0.290. The number of allylic oxidation sites excluding steroid dienone is 4. The van der Waals surface area contributed by atoms with E-state index in [9.17, 15) is 29.8 Å². The molecular formula is C25H19Br2N3O7. The average molecular weight is 633 g/mol. The molecule has 0 bridgehead atoms. The molecule has 2 aliphatic carbocycles. The van der Waals surface area contributed by atoms with Gasteiger partial charge in [0.15, 0.2) is 17.3 Å². The number of nitrogens with zero attached hydrogens (tertiary/aromatic N) is 2. The minimum absolute atomic E-state index is 0.0118. The molecule has 0 saturated heterocycles. The first-order chi connectivity index (χ1) is 17.7. The second kappa shape index (κ2) is 9.82. The van der Waals surface area contributed by atoms with Crippen LogP contribution in [-0.2, 0) is 9.59 Å². The molecule has 1 N–H and O–H groups in total. The Hall–Kier alpha value is -3.38. The minimum atomic E-state index is -0.751. The summed E-state index contributed by atoms with van der Waals surface area (Å²) in [5.74, 6) is -0.466. The van der Waals surface area contributed by atoms with Crippen molar-refractivity contribution in [3.8, 4) is 11.5 Å². The van der Waals surface area contributed by atoms with E-state index in [-0.39, 0.29) is 23.1 Å². The van der Waals surface area contributed by atoms with Gasteiger partial charge in [-0.15, -0.1) is 0 Å². The summed E-state index contributed by atoms with van der Waals surface area (Å²) in [6, 6.07) is 6.62. The Labute approximate surface area is 227 Å². The maximum atomic E-state index is 13.1. The highest BCUT2D eigenvalue weighted by Crippen LogP contribution is 2.48. The monoisotopic (exact) mass is 631 g/mol. The average Bonchev–Trinajstić information content (AvgIpc) is 2.85. The molecule has 1 heterocycles. The molecule has 3 aliphatic rings. The molecular weight excluding hydrogens is 614 g/mol. The number of non-ortho nitro benzene ring substituents is 1. The highest BCUT2D eigenvalue weighted by Gasteiger charge is 2.40. The van der Waals surface area contributed by atoms with Crippen molar-refractivity contribution >= 4 is 54.8 Å². The maximum absolute atomic E-state index is 13.1. The molecule has 1 aliphatic heterocycles. The van der Waals surface area contributed by atoms with E-state index < -0.39 is 27.1 Å². The Morgan fingerprint density at radius 3 is 1.92 bits per heavy atom. The summed E-state index contributed by atoms with van der Waals surface area (Å²) in [6.45, 7) is 0. The summed E-state index contributed by atoms with van der Waals surface area (Å²) in [5.41, 5.74) is 2.67. The lowest BCUT2D eigenvalue weighted by atomic mass is 9.71. The van der Waals surface area contributed by atoms with Crippen LogP contribution in [-0.4, -0.2) is 21.4 Å². The molecule has 0 aromatic heterocycles. The lowest BCUT2D eigenvalue weighted by molar-refractivity contribution is -0.394. The van der Waals surface area contributed by atoms with Crippen molar-refractivity contribution in [2.24, 2.45) is 0 Å². The molecule has 0 atom stereocenters. The van der Waals surface area contributed by atoms with Crippen molar-refractivity contribution in [1.29, 1.82) is 0 Å². The third-order valence-electron chi connectivity index (χ3n) is 6.71. The van der Waals surface area contributed by atoms with Crippen molar-refractivity contribution in [1.82, 2.24) is 5.32 Å². The summed E-state index contributed by atoms with van der Waals surface area (Å²) < 4.78 is 6.70. The SMILES string of the molecule is O=C1CCCC2=C1C(c1cc(Br)c(Oc3ccc([N+](=O)[O-])cc3[N+](=O)[O-])c(Br)c1)C1=C(CCCC1=O)N2. The van der Waals surface area contributed by atoms with Gasteiger partial charge >= 0.3 is 5.69 Å². The number of carbonyl (C=O) groups excluding carboxylic acids is 2. The van der Waals surface area contributed by atoms with Crippen LogP contribution in [0, 0.1) is 20.2 Å². The Bertz CT molecular complexity index is 1400. The number of rotatable bonds is 5. The second-order valence-electron chi connectivity index (χ2n) is 8.98. The van der Waals surface area contributed by atoms with Gasteiger partial charge in [0.25, 0.3) is 5.69 Å². The minimum Gasteiger partial charge on any atom is -0.448 e. The first-order valence-corrected chi connectivity index (χ1v) is 13.1. The fourth-order valence-electron chi connectivity index (χ4n) is 5.12. The number of hydrogen-bond donors (Lipinski definition) is 1. The van der Waals surface area contributed by atoms with E-state index in [0.29, 0.717) is 38.5 Å². The zero-order valence-electron chi connectivity index (χ0n) is 19.2. The van der Waals surface area contributed by atoms with Crippen molar-refractivity contribution in [2.45, 2.75) is 44.4 Å². The van der Waals surface area contributed by atoms with E-state index in [0.717, 1.165) is 49.2 Å². The van der Waals surface area contributed by atoms with Crippen LogP contribution in [0.3, 0.4) is 0 Å². The van der Waals surface area contributed by atoms with Crippen molar-refractivity contribution in [3.63, 3.8) is 0 Å². The predicted molar refractivity (Wildman–Crippen MR) is 139 cm³/mol. The van der Waals surface area contributed by atoms with E-state index in [1.807, 2.05) is 0 Å². The molecule has 37 heavy (non-hydrogen) atoms. The van der Waals surface area contributed by atoms with Crippen LogP contribution in [0.4, 0.5) is 11.4 Å². The van der Waals surface area contributed by atoms with Crippen LogP contribution < -0.4 is 10.1 Å². The third kappa shape index (κ3) is 4.59. The molecule has 0 amide bonds. The number of hydrogen-bond acceptors (Lipinski definition) is 8. The largest absolute Gasteiger partial charge is 0.448 e. The molecule has 0 fully saturated rings. The van der Waals surface area contributed by atoms with Gasteiger partial charge in [0.05, 0.1) is 24.9 Å². The fourth-order valence-corrected chi connectivity index (χ4v) is 6.50. The van der Waals surface area contributed by atoms with Gasteiger partial charge in [-0.3, -0.25) is 29.8 Å². The van der Waals surface area contributed by atoms with E-state index >= 15 is 0 Å². The molecule has 0 radical (unpaired) electrons. The number of benzene rings is 2. The Morgan fingerprint density at radius 2 is 1.41 bits per heavy atom. The van der Waals surface area contributed by atoms with Crippen LogP contribution in [0.5, 0.6) is 11.5 Å². The Morgan fingerprint density at radius 1 is 0.838 bits per heavy atom. The lowest BCUT2D eigenvalue weighted by Crippen LogP contribution is -2.36. The van der Waals surface area contributed by atoms with Crippen LogP contribution in [0.15, 0.2) is 61.8 Å². The maximum Gasteiger partial charge on any atom is 0.318 e. The van der Waals surface area contributed by atoms with Crippen molar-refractivity contribution in [3.05, 3.63) is 87.6 Å². The summed E-state index contributed by atoms with van der Waals surface area (Å²) in [4.78, 5) is 47.2. The Balaban J connectivity index is 1.59. The first-order valence-electron chi connectivity index (χ1n) is 11.5. The summed E-state index contributed by atoms with van der Waals surface area (Å²) >= 11 is 6.95. The highest BCUT2D eigenvalue weighted by molar-refractivity contribution is 9.11. The van der Waals surface area contributed by atoms with Gasteiger partial charge in [0, 0.05) is 47.4 Å². The first kappa shape index (κ1) is 25.3. The summed E-state index contributed by atoms with van der Waals surface area (Å²) in [7, 11) is 0. The van der Waals surface area contributed by atoms with Gasteiger partial charge in [-0.25, -0.2) is 0 Å². The zero-order valence-corrected chi connectivity index (χ0v) is 22.4. The summed E-state index contributed by atoms with van der Waals surface area (Å²) in [6.07, 6.45) is 3.80. The van der Waals surface area contributed by atoms with Crippen LogP contribution in [0.2, 0.25) is 0 Å². The lowest BCUT2D eigenvalue weighted by Gasteiger charge is -2.37. The van der Waals surface area contributed by atoms with Gasteiger partial charge in [-0.2, -0.15) is 0 Å². The molecule has 2 aromatic rings. The van der Waals surface area contributed by atoms with Gasteiger partial charge in [-0.1, -0.05) is 0 Å². The van der Waals surface area contributed by atoms with Gasteiger partial charge in [-0.05, 0) is 81.3 Å². The van der Waals surface area contributed by atoms with E-state index in [1.54, 1.807) is 12.1 Å². The zero-order chi connectivity index (χ0) is 26.4. The number of Topliss-reactive ketones (excluding diaryl/α,β-unsaturated/α-hetero) is 2. The van der Waals surface area contributed by atoms with Gasteiger partial charge < -0.3 is 10.1 Å². The number of dihydropyridines is 1. The third-order valence-corrected chi connectivity index (χ3v) is 7.89. The Kier molecular flexibility index (Phi) is 6.71. The van der Waals surface area contributed by atoms with E-state index in [1.165, 1.54) is 6.07 Å². The highest BCUT2D eigenvalue weighted by atomic mass is 79.9. The van der Waals surface area contributed by atoms with Crippen LogP contribution >= 0.6 is 31.9 Å². The predicted octanol–water partition coefficient (Wildman–Crippen LogP) is 6.52. The standard InChI is InChI=1S/C25H19Br2N3O7/c26-14-9-12(10-15(27)25(14)37-21-8-7-13(29(33)34)11-18(21)30(35)36)22-23-16(3-1-5-19(23)31)28-17-4-2-6-20(32)24(17)22/h7-11,22,28H,1-6H2. The van der Waals surface area contributed by atoms with Crippen LogP contribution in [0.25, 0.3) is 0 Å². The molecule has 0 spiro atoms. The fraction of sp³-hybridized carbons (Fsp3) is 0.280. The van der Waals surface area contributed by atoms with E-state index in [4.69, 9.17) is 4.74 Å². The van der Waals surface area contributed by atoms with Crippen molar-refractivity contribution < 1.29 is 24.2 Å². The smallest absolute Gasteiger partial charge is 0.318 e. The van der Waals surface area contributed by atoms with Gasteiger partial charge in [0.1, 0.15) is 0 Å². The second-order valence-corrected chi connectivity index (χ2v) is 10.7. The number of halogens is 2. The number of nitrogens with one attached hydrogen (secondary N) is 1. The van der Waals surface area contributed by atoms with Crippen LogP contribution in [0.1, 0.15) is 50.0 Å². The molecule has 10 nitrogen and oxygen atoms in total.